The zero-order chi connectivity index (χ0) is 33.4. The van der Waals surface area contributed by atoms with Crippen LogP contribution in [0.15, 0.2) is 36.7 Å². The molecule has 2 aromatic carbocycles. The van der Waals surface area contributed by atoms with E-state index in [1.54, 1.807) is 52.0 Å². The number of aromatic nitrogens is 1. The van der Waals surface area contributed by atoms with Crippen molar-refractivity contribution in [1.82, 2.24) is 9.88 Å². The molecule has 1 aromatic heterocycles. The van der Waals surface area contributed by atoms with E-state index < -0.39 is 56.1 Å². The number of hydrogen-bond donors (Lipinski definition) is 1. The number of hydrogen-bond acceptors (Lipinski definition) is 9. The van der Waals surface area contributed by atoms with Gasteiger partial charge < -0.3 is 9.88 Å². The van der Waals surface area contributed by atoms with E-state index in [-0.39, 0.29) is 27.2 Å². The monoisotopic (exact) mass is 746 g/mol. The van der Waals surface area contributed by atoms with Crippen LogP contribution in [0.25, 0.3) is 17.0 Å². The summed E-state index contributed by atoms with van der Waals surface area (Å²) in [6.07, 6.45) is 4.42. The summed E-state index contributed by atoms with van der Waals surface area (Å²) >= 11 is -0.826. The first-order valence-corrected chi connectivity index (χ1v) is 19.6. The molecule has 0 spiro atoms. The van der Waals surface area contributed by atoms with Gasteiger partial charge >= 0.3 is 36.7 Å². The Balaban J connectivity index is 0.000000418. The van der Waals surface area contributed by atoms with Crippen LogP contribution in [0.2, 0.25) is 0 Å². The number of fused-ring (bicyclic) bond motifs is 1. The van der Waals surface area contributed by atoms with Crippen molar-refractivity contribution in [3.63, 3.8) is 0 Å². The van der Waals surface area contributed by atoms with Gasteiger partial charge in [-0.2, -0.15) is 0 Å². The van der Waals surface area contributed by atoms with Crippen molar-refractivity contribution in [2.24, 2.45) is 0 Å². The van der Waals surface area contributed by atoms with Crippen LogP contribution in [0, 0.1) is 40.5 Å². The second-order valence-electron chi connectivity index (χ2n) is 11.4. The molecule has 0 unspecified atom stereocenters. The van der Waals surface area contributed by atoms with E-state index in [1.807, 2.05) is 32.9 Å². The van der Waals surface area contributed by atoms with Gasteiger partial charge in [0.15, 0.2) is 0 Å². The summed E-state index contributed by atoms with van der Waals surface area (Å²) in [7, 11) is 13.2. The predicted molar refractivity (Wildman–Crippen MR) is 169 cm³/mol. The van der Waals surface area contributed by atoms with Crippen molar-refractivity contribution in [1.29, 1.82) is 0 Å². The molecule has 0 saturated carbocycles. The van der Waals surface area contributed by atoms with Gasteiger partial charge in [0.05, 0.1) is 31.3 Å². The van der Waals surface area contributed by atoms with Gasteiger partial charge in [-0.05, 0) is 29.8 Å². The number of H-pyrrole nitrogens is 1. The number of rotatable bonds is 6. The molecule has 0 atom stereocenters. The van der Waals surface area contributed by atoms with Gasteiger partial charge in [-0.15, -0.1) is 0 Å². The first kappa shape index (κ1) is 37.5. The molecule has 3 rings (SSSR count). The maximum atomic E-state index is 11.6. The van der Waals surface area contributed by atoms with Gasteiger partial charge in [-0.3, -0.25) is 40.5 Å². The van der Waals surface area contributed by atoms with Crippen molar-refractivity contribution in [2.75, 3.05) is 14.1 Å². The van der Waals surface area contributed by atoms with Gasteiger partial charge in [-0.25, -0.2) is 0 Å². The number of halogens is 2. The van der Waals surface area contributed by atoms with E-state index in [9.17, 15) is 40.5 Å². The normalized spacial score (nSPS) is 11.3. The van der Waals surface area contributed by atoms with Gasteiger partial charge in [0.25, 0.3) is 22.7 Å². The summed E-state index contributed by atoms with van der Waals surface area (Å²) in [5, 5.41) is 46.3. The maximum absolute atomic E-state index is 11.6. The Kier molecular flexibility index (Phi) is 13.3. The molecule has 0 bridgehead atoms. The van der Waals surface area contributed by atoms with Crippen molar-refractivity contribution in [2.45, 2.75) is 52.4 Å². The van der Waals surface area contributed by atoms with Crippen LogP contribution in [0.3, 0.4) is 0 Å². The van der Waals surface area contributed by atoms with Gasteiger partial charge in [0.2, 0.25) is 0 Å². The zero-order valence-corrected chi connectivity index (χ0v) is 29.2. The molecule has 17 heteroatoms. The molecular formula is C26H32Cl2N6O8Sn. The summed E-state index contributed by atoms with van der Waals surface area (Å²) in [5.74, 6) is 0. The fourth-order valence-corrected chi connectivity index (χ4v) is 4.11. The number of nitrogens with one attached hydrogen (secondary N) is 1. The zero-order valence-electron chi connectivity index (χ0n) is 24.8. The Morgan fingerprint density at radius 3 is 1.70 bits per heavy atom. The summed E-state index contributed by atoms with van der Waals surface area (Å²) < 4.78 is 0. The first-order valence-electron chi connectivity index (χ1n) is 12.4. The third-order valence-electron chi connectivity index (χ3n) is 5.84. The quantitative estimate of drug-likeness (QED) is 0.150. The van der Waals surface area contributed by atoms with Gasteiger partial charge in [-0.1, -0.05) is 41.5 Å². The molecule has 232 valence electrons. The van der Waals surface area contributed by atoms with Gasteiger partial charge in [0.1, 0.15) is 11.1 Å². The summed E-state index contributed by atoms with van der Waals surface area (Å²) in [4.78, 5) is 47.0. The minimum absolute atomic E-state index is 0.151. The Bertz CT molecular complexity index is 1550. The first-order chi connectivity index (χ1) is 19.7. The van der Waals surface area contributed by atoms with E-state index in [0.717, 1.165) is 22.5 Å². The topological polar surface area (TPSA) is 192 Å². The second kappa shape index (κ2) is 15.3. The van der Waals surface area contributed by atoms with E-state index in [0.29, 0.717) is 0 Å². The molecule has 2 radical (unpaired) electrons. The van der Waals surface area contributed by atoms with Crippen LogP contribution in [0.1, 0.15) is 58.2 Å². The van der Waals surface area contributed by atoms with Crippen LogP contribution in [-0.4, -0.2) is 62.6 Å². The fourth-order valence-electron chi connectivity index (χ4n) is 4.11. The van der Waals surface area contributed by atoms with Crippen molar-refractivity contribution < 1.29 is 19.7 Å². The van der Waals surface area contributed by atoms with Gasteiger partial charge in [0, 0.05) is 42.7 Å². The third-order valence-corrected chi connectivity index (χ3v) is 5.84. The summed E-state index contributed by atoms with van der Waals surface area (Å²) in [6, 6.07) is 6.21. The fraction of sp³-hybridized carbons (Fsp3) is 0.385. The Hall–Kier alpha value is -3.50. The van der Waals surface area contributed by atoms with Crippen molar-refractivity contribution in [3.05, 3.63) is 93.8 Å². The summed E-state index contributed by atoms with van der Waals surface area (Å²) in [6.45, 7) is 10.7. The van der Waals surface area contributed by atoms with Crippen molar-refractivity contribution >= 4 is 76.5 Å². The molecule has 0 fully saturated rings. The minimum atomic E-state index is -0.958. The number of benzene rings is 2. The summed E-state index contributed by atoms with van der Waals surface area (Å²) in [5.41, 5.74) is -1.79. The SMILES string of the molecule is CC(C)(C)c1cc2cc[nH]c2cc1[N+](=O)[O-].CN(C)/C=C/c1c([N+](=O)[O-])cc([N+](=O)[O-])c(C(C)(C)C)c1[N+](=O)[O-].[Cl][Sn][Cl]. The Labute approximate surface area is 265 Å². The number of nitro groups is 4. The standard InChI is InChI=1S/C14H18N4O6.C12H14N2O2.2ClH.Sn/c1-14(2,3)12-11(17(21)22)8-10(16(19)20)9(6-7-15(4)5)13(12)18(23)24;1-12(2,3)9-6-8-4-5-13-10(8)7-11(9)14(15)16;;;/h6-8H,1-5H3;4-7,13H,1-3H3;2*1H;/q;;;;+2/p-2/b7-6+;;;;. The molecule has 0 amide bonds. The molecule has 1 N–H and O–H groups in total. The molecular weight excluding hydrogens is 714 g/mol. The van der Waals surface area contributed by atoms with Crippen molar-refractivity contribution in [3.8, 4) is 0 Å². The van der Waals surface area contributed by atoms with E-state index in [2.05, 4.69) is 4.98 Å². The molecule has 0 aliphatic rings. The average Bonchev–Trinajstić information content (AvgIpc) is 3.33. The predicted octanol–water partition coefficient (Wildman–Crippen LogP) is 7.61. The van der Waals surface area contributed by atoms with E-state index in [4.69, 9.17) is 17.8 Å². The van der Waals surface area contributed by atoms with Crippen LogP contribution in [0.4, 0.5) is 22.7 Å². The number of nitrogens with zero attached hydrogens (tertiary/aromatic N) is 5. The Morgan fingerprint density at radius 2 is 1.30 bits per heavy atom. The van der Waals surface area contributed by atoms with E-state index in [1.165, 1.54) is 12.3 Å². The average molecular weight is 746 g/mol. The second-order valence-corrected chi connectivity index (χ2v) is 15.6. The molecule has 3 aromatic rings. The molecule has 43 heavy (non-hydrogen) atoms. The van der Waals surface area contributed by atoms with Crippen LogP contribution < -0.4 is 0 Å². The van der Waals surface area contributed by atoms with Crippen LogP contribution in [0.5, 0.6) is 0 Å². The number of aromatic amines is 1. The molecule has 1 heterocycles. The Morgan fingerprint density at radius 1 is 0.791 bits per heavy atom. The van der Waals surface area contributed by atoms with E-state index >= 15 is 0 Å². The molecule has 0 saturated heterocycles. The van der Waals surface area contributed by atoms with Crippen LogP contribution in [-0.2, 0) is 10.8 Å². The molecule has 0 aliphatic heterocycles. The molecule has 14 nitrogen and oxygen atoms in total. The molecule has 0 aliphatic carbocycles. The number of nitro benzene ring substituents is 4. The third kappa shape index (κ3) is 10.0. The van der Waals surface area contributed by atoms with Crippen LogP contribution >= 0.6 is 17.8 Å².